The van der Waals surface area contributed by atoms with E-state index in [-0.39, 0.29) is 37.7 Å². The van der Waals surface area contributed by atoms with Crippen molar-refractivity contribution < 1.29 is 28.4 Å². The number of carbonyl (C=O) groups is 3. The zero-order chi connectivity index (χ0) is 20.1. The summed E-state index contributed by atoms with van der Waals surface area (Å²) < 4.78 is 18.4. The Morgan fingerprint density at radius 1 is 1.44 bits per heavy atom. The number of nitro benzene ring substituents is 1. The van der Waals surface area contributed by atoms with Gasteiger partial charge in [-0.15, -0.1) is 0 Å². The van der Waals surface area contributed by atoms with Gasteiger partial charge in [0.15, 0.2) is 0 Å². The Bertz CT molecular complexity index is 767. The van der Waals surface area contributed by atoms with Gasteiger partial charge in [0.05, 0.1) is 29.1 Å². The number of nitro groups is 1. The van der Waals surface area contributed by atoms with Gasteiger partial charge in [0.2, 0.25) is 17.6 Å². The van der Waals surface area contributed by atoms with Gasteiger partial charge >= 0.3 is 11.7 Å². The molecule has 1 fully saturated rings. The molecule has 1 heterocycles. The van der Waals surface area contributed by atoms with Crippen molar-refractivity contribution in [2.75, 3.05) is 18.0 Å². The maximum Gasteiger partial charge on any atom is 0.307 e. The summed E-state index contributed by atoms with van der Waals surface area (Å²) in [5, 5.41) is 13.4. The van der Waals surface area contributed by atoms with E-state index in [9.17, 15) is 28.9 Å². The number of hydrogen-bond acceptors (Lipinski definition) is 6. The lowest BCUT2D eigenvalue weighted by Gasteiger charge is -2.16. The predicted molar refractivity (Wildman–Crippen MR) is 92.4 cm³/mol. The number of ether oxygens (including phenoxy) is 1. The van der Waals surface area contributed by atoms with Crippen LogP contribution in [0.5, 0.6) is 0 Å². The average Bonchev–Trinajstić information content (AvgIpc) is 2.96. The Morgan fingerprint density at radius 3 is 2.78 bits per heavy atom. The summed E-state index contributed by atoms with van der Waals surface area (Å²) >= 11 is 0. The predicted octanol–water partition coefficient (Wildman–Crippen LogP) is 1.54. The van der Waals surface area contributed by atoms with Gasteiger partial charge in [-0.25, -0.2) is 0 Å². The number of anilines is 1. The van der Waals surface area contributed by atoms with Crippen LogP contribution in [0.15, 0.2) is 18.2 Å². The van der Waals surface area contributed by atoms with Crippen molar-refractivity contribution in [3.05, 3.63) is 34.1 Å². The Kier molecular flexibility index (Phi) is 6.43. The normalized spacial score (nSPS) is 16.5. The van der Waals surface area contributed by atoms with Crippen LogP contribution in [0.4, 0.5) is 15.8 Å². The first-order valence-electron chi connectivity index (χ1n) is 8.40. The number of carbonyl (C=O) groups excluding carboxylic acids is 3. The molecule has 1 saturated heterocycles. The van der Waals surface area contributed by atoms with E-state index < -0.39 is 40.1 Å². The standard InChI is InChI=1S/C17H20FN3O6/c1-10(2)27-16(23)5-6-19-17(24)11-7-15(22)20(9-11)12-3-4-13(18)14(8-12)21(25)26/h3-4,8,10-11H,5-7,9H2,1-2H3,(H,19,24). The van der Waals surface area contributed by atoms with Crippen molar-refractivity contribution in [1.29, 1.82) is 0 Å². The number of amides is 2. The highest BCUT2D eigenvalue weighted by atomic mass is 19.1. The van der Waals surface area contributed by atoms with Crippen molar-refractivity contribution in [3.8, 4) is 0 Å². The molecule has 1 aliphatic rings. The van der Waals surface area contributed by atoms with Crippen LogP contribution in [-0.4, -0.2) is 41.9 Å². The second-order valence-electron chi connectivity index (χ2n) is 6.38. The van der Waals surface area contributed by atoms with Gasteiger partial charge in [-0.3, -0.25) is 24.5 Å². The minimum absolute atomic E-state index is 0.0124. The molecule has 2 rings (SSSR count). The number of halogens is 1. The Labute approximate surface area is 154 Å². The molecule has 1 aromatic rings. The molecule has 9 nitrogen and oxygen atoms in total. The van der Waals surface area contributed by atoms with Crippen molar-refractivity contribution in [2.24, 2.45) is 5.92 Å². The van der Waals surface area contributed by atoms with E-state index >= 15 is 0 Å². The smallest absolute Gasteiger partial charge is 0.307 e. The van der Waals surface area contributed by atoms with E-state index in [1.807, 2.05) is 0 Å². The summed E-state index contributed by atoms with van der Waals surface area (Å²) in [6.07, 6.45) is -0.305. The van der Waals surface area contributed by atoms with Crippen molar-refractivity contribution in [1.82, 2.24) is 5.32 Å². The van der Waals surface area contributed by atoms with E-state index in [1.54, 1.807) is 13.8 Å². The van der Waals surface area contributed by atoms with Crippen LogP contribution >= 0.6 is 0 Å². The quantitative estimate of drug-likeness (QED) is 0.435. The maximum absolute atomic E-state index is 13.4. The molecule has 10 heteroatoms. The lowest BCUT2D eigenvalue weighted by atomic mass is 10.1. The molecule has 1 unspecified atom stereocenters. The molecule has 2 amide bonds. The summed E-state index contributed by atoms with van der Waals surface area (Å²) in [5.74, 6) is -2.90. The van der Waals surface area contributed by atoms with Crippen LogP contribution in [0.2, 0.25) is 0 Å². The number of rotatable bonds is 7. The third kappa shape index (κ3) is 5.22. The fourth-order valence-corrected chi connectivity index (χ4v) is 2.70. The van der Waals surface area contributed by atoms with Crippen molar-refractivity contribution in [2.45, 2.75) is 32.8 Å². The lowest BCUT2D eigenvalue weighted by Crippen LogP contribution is -2.34. The van der Waals surface area contributed by atoms with Gasteiger partial charge in [-0.2, -0.15) is 4.39 Å². The second kappa shape index (κ2) is 8.56. The summed E-state index contributed by atoms with van der Waals surface area (Å²) in [6, 6.07) is 3.13. The first kappa shape index (κ1) is 20.3. The van der Waals surface area contributed by atoms with Crippen LogP contribution < -0.4 is 10.2 Å². The minimum atomic E-state index is -1.00. The largest absolute Gasteiger partial charge is 0.463 e. The molecular formula is C17H20FN3O6. The zero-order valence-corrected chi connectivity index (χ0v) is 14.9. The number of benzene rings is 1. The topological polar surface area (TPSA) is 119 Å². The molecule has 1 aliphatic heterocycles. The van der Waals surface area contributed by atoms with Crippen LogP contribution in [-0.2, 0) is 19.1 Å². The monoisotopic (exact) mass is 381 g/mol. The molecule has 0 saturated carbocycles. The Morgan fingerprint density at radius 2 is 2.15 bits per heavy atom. The summed E-state index contributed by atoms with van der Waals surface area (Å²) in [6.45, 7) is 3.53. The SMILES string of the molecule is CC(C)OC(=O)CCNC(=O)C1CC(=O)N(c2ccc(F)c([N+](=O)[O-])c2)C1. The van der Waals surface area contributed by atoms with E-state index in [2.05, 4.69) is 5.32 Å². The number of nitrogens with one attached hydrogen (secondary N) is 1. The van der Waals surface area contributed by atoms with Crippen molar-refractivity contribution >= 4 is 29.2 Å². The summed E-state index contributed by atoms with van der Waals surface area (Å²) in [5.41, 5.74) is -0.583. The highest BCUT2D eigenvalue weighted by molar-refractivity contribution is 6.00. The molecule has 0 aromatic heterocycles. The third-order valence-corrected chi connectivity index (χ3v) is 3.93. The van der Waals surface area contributed by atoms with Crippen LogP contribution in [0.25, 0.3) is 0 Å². The first-order valence-corrected chi connectivity index (χ1v) is 8.40. The number of nitrogens with zero attached hydrogens (tertiary/aromatic N) is 2. The van der Waals surface area contributed by atoms with Gasteiger partial charge in [0, 0.05) is 25.6 Å². The molecule has 1 aromatic carbocycles. The zero-order valence-electron chi connectivity index (χ0n) is 14.9. The number of hydrogen-bond donors (Lipinski definition) is 1. The molecule has 146 valence electrons. The van der Waals surface area contributed by atoms with Gasteiger partial charge < -0.3 is 15.0 Å². The summed E-state index contributed by atoms with van der Waals surface area (Å²) in [7, 11) is 0. The molecule has 0 radical (unpaired) electrons. The van der Waals surface area contributed by atoms with Gasteiger partial charge in [0.1, 0.15) is 0 Å². The lowest BCUT2D eigenvalue weighted by molar-refractivity contribution is -0.387. The molecular weight excluding hydrogens is 361 g/mol. The van der Waals surface area contributed by atoms with Gasteiger partial charge in [0.25, 0.3) is 0 Å². The van der Waals surface area contributed by atoms with Gasteiger partial charge in [-0.05, 0) is 26.0 Å². The molecule has 0 bridgehead atoms. The fourth-order valence-electron chi connectivity index (χ4n) is 2.70. The average molecular weight is 381 g/mol. The van der Waals surface area contributed by atoms with Crippen LogP contribution in [0.1, 0.15) is 26.7 Å². The second-order valence-corrected chi connectivity index (χ2v) is 6.38. The maximum atomic E-state index is 13.4. The fraction of sp³-hybridized carbons (Fsp3) is 0.471. The molecule has 0 aliphatic carbocycles. The van der Waals surface area contributed by atoms with Crippen LogP contribution in [0, 0.1) is 21.8 Å². The van der Waals surface area contributed by atoms with E-state index in [0.29, 0.717) is 0 Å². The van der Waals surface area contributed by atoms with E-state index in [4.69, 9.17) is 4.74 Å². The van der Waals surface area contributed by atoms with E-state index in [1.165, 1.54) is 11.0 Å². The Balaban J connectivity index is 1.95. The Hall–Kier alpha value is -3.04. The molecule has 0 spiro atoms. The summed E-state index contributed by atoms with van der Waals surface area (Å²) in [4.78, 5) is 47.0. The molecule has 1 atom stereocenters. The van der Waals surface area contributed by atoms with E-state index in [0.717, 1.165) is 12.1 Å². The third-order valence-electron chi connectivity index (χ3n) is 3.93. The van der Waals surface area contributed by atoms with Crippen LogP contribution in [0.3, 0.4) is 0 Å². The molecule has 27 heavy (non-hydrogen) atoms. The highest BCUT2D eigenvalue weighted by Crippen LogP contribution is 2.29. The highest BCUT2D eigenvalue weighted by Gasteiger charge is 2.35. The van der Waals surface area contributed by atoms with Crippen molar-refractivity contribution in [3.63, 3.8) is 0 Å². The molecule has 1 N–H and O–H groups in total. The minimum Gasteiger partial charge on any atom is -0.463 e. The first-order chi connectivity index (χ1) is 12.7. The van der Waals surface area contributed by atoms with Gasteiger partial charge in [-0.1, -0.05) is 0 Å². The number of esters is 1.